The van der Waals surface area contributed by atoms with Gasteiger partial charge in [-0.25, -0.2) is 0 Å². The third-order valence-electron chi connectivity index (χ3n) is 5.09. The molecule has 1 heterocycles. The first-order valence-corrected chi connectivity index (χ1v) is 7.86. The molecule has 0 bridgehead atoms. The van der Waals surface area contributed by atoms with Crippen molar-refractivity contribution in [1.29, 1.82) is 0 Å². The van der Waals surface area contributed by atoms with Crippen LogP contribution in [0.1, 0.15) is 58.1 Å². The van der Waals surface area contributed by atoms with Crippen molar-refractivity contribution in [3.63, 3.8) is 0 Å². The van der Waals surface area contributed by atoms with Crippen molar-refractivity contribution in [2.75, 3.05) is 5.73 Å². The lowest BCUT2D eigenvalue weighted by Gasteiger charge is -2.47. The van der Waals surface area contributed by atoms with Gasteiger partial charge in [-0.15, -0.1) is 0 Å². The lowest BCUT2D eigenvalue weighted by Crippen LogP contribution is -2.44. The molecular formula is C18H28N2. The number of benzene rings is 1. The van der Waals surface area contributed by atoms with Crippen LogP contribution in [0.3, 0.4) is 0 Å². The Morgan fingerprint density at radius 2 is 1.70 bits per heavy atom. The van der Waals surface area contributed by atoms with Crippen LogP contribution in [0.4, 0.5) is 5.69 Å². The first-order chi connectivity index (χ1) is 9.26. The van der Waals surface area contributed by atoms with Gasteiger partial charge in [0.1, 0.15) is 0 Å². The molecule has 1 fully saturated rings. The summed E-state index contributed by atoms with van der Waals surface area (Å²) < 4.78 is 0. The zero-order valence-corrected chi connectivity index (χ0v) is 13.4. The number of fused-ring (bicyclic) bond motifs is 1. The summed E-state index contributed by atoms with van der Waals surface area (Å²) in [6, 6.07) is 7.06. The summed E-state index contributed by atoms with van der Waals surface area (Å²) >= 11 is 0. The van der Waals surface area contributed by atoms with Crippen molar-refractivity contribution in [1.82, 2.24) is 4.90 Å². The molecule has 0 amide bonds. The Bertz CT molecular complexity index is 500. The van der Waals surface area contributed by atoms with Gasteiger partial charge in [0.05, 0.1) is 0 Å². The molecule has 2 N–H and O–H groups in total. The number of hydrogen-bond acceptors (Lipinski definition) is 2. The molecule has 110 valence electrons. The number of hydrogen-bond donors (Lipinski definition) is 1. The molecule has 1 aliphatic heterocycles. The van der Waals surface area contributed by atoms with Crippen LogP contribution in [0.2, 0.25) is 0 Å². The van der Waals surface area contributed by atoms with Crippen LogP contribution in [0.25, 0.3) is 0 Å². The van der Waals surface area contributed by atoms with Gasteiger partial charge in [-0.1, -0.05) is 39.8 Å². The number of nitrogens with zero attached hydrogens (tertiary/aromatic N) is 1. The van der Waals surface area contributed by atoms with E-state index in [2.05, 4.69) is 44.7 Å². The van der Waals surface area contributed by atoms with Crippen LogP contribution >= 0.6 is 0 Å². The Balaban J connectivity index is 1.80. The van der Waals surface area contributed by atoms with Gasteiger partial charge in [-0.05, 0) is 47.3 Å². The van der Waals surface area contributed by atoms with Crippen molar-refractivity contribution in [2.24, 2.45) is 10.8 Å². The number of rotatable bonds is 1. The van der Waals surface area contributed by atoms with E-state index in [1.54, 1.807) is 0 Å². The first-order valence-electron chi connectivity index (χ1n) is 7.86. The normalized spacial score (nSPS) is 25.6. The summed E-state index contributed by atoms with van der Waals surface area (Å²) in [5.41, 5.74) is 10.8. The van der Waals surface area contributed by atoms with Gasteiger partial charge in [-0.2, -0.15) is 0 Å². The highest BCUT2D eigenvalue weighted by atomic mass is 15.2. The molecule has 2 aliphatic rings. The Kier molecular flexibility index (Phi) is 3.13. The molecule has 2 heteroatoms. The topological polar surface area (TPSA) is 29.3 Å². The second-order valence-electron chi connectivity index (χ2n) is 8.46. The molecule has 1 aromatic carbocycles. The van der Waals surface area contributed by atoms with Crippen molar-refractivity contribution in [3.8, 4) is 0 Å². The highest BCUT2D eigenvalue weighted by Crippen LogP contribution is 2.48. The second kappa shape index (κ2) is 4.49. The van der Waals surface area contributed by atoms with Gasteiger partial charge in [0.2, 0.25) is 0 Å². The quantitative estimate of drug-likeness (QED) is 0.777. The lowest BCUT2D eigenvalue weighted by atomic mass is 9.63. The molecule has 1 aliphatic carbocycles. The second-order valence-corrected chi connectivity index (χ2v) is 8.46. The molecule has 1 saturated carbocycles. The monoisotopic (exact) mass is 272 g/mol. The Morgan fingerprint density at radius 1 is 1.05 bits per heavy atom. The van der Waals surface area contributed by atoms with Crippen LogP contribution < -0.4 is 5.73 Å². The minimum atomic E-state index is 0.451. The zero-order chi connectivity index (χ0) is 14.5. The summed E-state index contributed by atoms with van der Waals surface area (Å²) in [7, 11) is 0. The average molecular weight is 272 g/mol. The molecule has 0 radical (unpaired) electrons. The van der Waals surface area contributed by atoms with Gasteiger partial charge in [0.25, 0.3) is 0 Å². The van der Waals surface area contributed by atoms with Crippen molar-refractivity contribution >= 4 is 5.69 Å². The molecule has 3 rings (SSSR count). The van der Waals surface area contributed by atoms with Crippen molar-refractivity contribution in [3.05, 3.63) is 29.3 Å². The van der Waals surface area contributed by atoms with Gasteiger partial charge >= 0.3 is 0 Å². The van der Waals surface area contributed by atoms with E-state index in [-0.39, 0.29) is 0 Å². The molecule has 0 atom stereocenters. The maximum Gasteiger partial charge on any atom is 0.0363 e. The zero-order valence-electron chi connectivity index (χ0n) is 13.4. The molecule has 2 nitrogen and oxygen atoms in total. The fourth-order valence-corrected chi connectivity index (χ4v) is 4.78. The third-order valence-corrected chi connectivity index (χ3v) is 5.09. The Hall–Kier alpha value is -1.02. The Labute approximate surface area is 123 Å². The maximum atomic E-state index is 6.14. The average Bonchev–Trinajstić information content (AvgIpc) is 2.70. The van der Waals surface area contributed by atoms with Gasteiger partial charge in [0.15, 0.2) is 0 Å². The number of anilines is 1. The standard InChI is InChI=1S/C18H28N2/c1-17(2)8-14(9-18(3,4)12-17)20-10-13-6-5-7-16(19)15(13)11-20/h5-7,14H,8-12,19H2,1-4H3. The SMILES string of the molecule is CC1(C)CC(N2Cc3cccc(N)c3C2)CC(C)(C)C1. The molecule has 1 aromatic rings. The van der Waals surface area contributed by atoms with E-state index in [0.717, 1.165) is 18.8 Å². The maximum absolute atomic E-state index is 6.14. The van der Waals surface area contributed by atoms with Gasteiger partial charge in [0, 0.05) is 24.8 Å². The van der Waals surface area contributed by atoms with E-state index in [9.17, 15) is 0 Å². The molecule has 0 spiro atoms. The lowest BCUT2D eigenvalue weighted by molar-refractivity contribution is 0.0225. The van der Waals surface area contributed by atoms with Crippen LogP contribution in [-0.4, -0.2) is 10.9 Å². The van der Waals surface area contributed by atoms with E-state index in [1.165, 1.54) is 30.4 Å². The molecule has 20 heavy (non-hydrogen) atoms. The summed E-state index contributed by atoms with van der Waals surface area (Å²) in [4.78, 5) is 2.66. The summed E-state index contributed by atoms with van der Waals surface area (Å²) in [5, 5.41) is 0. The summed E-state index contributed by atoms with van der Waals surface area (Å²) in [6.45, 7) is 11.8. The van der Waals surface area contributed by atoms with E-state index >= 15 is 0 Å². The van der Waals surface area contributed by atoms with E-state index in [0.29, 0.717) is 16.9 Å². The molecular weight excluding hydrogens is 244 g/mol. The minimum Gasteiger partial charge on any atom is -0.398 e. The van der Waals surface area contributed by atoms with Gasteiger partial charge < -0.3 is 5.73 Å². The van der Waals surface area contributed by atoms with E-state index in [4.69, 9.17) is 5.73 Å². The van der Waals surface area contributed by atoms with Crippen molar-refractivity contribution in [2.45, 2.75) is 66.1 Å². The van der Waals surface area contributed by atoms with Crippen LogP contribution in [0, 0.1) is 10.8 Å². The smallest absolute Gasteiger partial charge is 0.0363 e. The van der Waals surface area contributed by atoms with Gasteiger partial charge in [-0.3, -0.25) is 4.90 Å². The predicted octanol–water partition coefficient (Wildman–Crippen LogP) is 4.19. The van der Waals surface area contributed by atoms with Crippen molar-refractivity contribution < 1.29 is 0 Å². The third kappa shape index (κ3) is 2.58. The summed E-state index contributed by atoms with van der Waals surface area (Å²) in [6.07, 6.45) is 3.95. The summed E-state index contributed by atoms with van der Waals surface area (Å²) in [5.74, 6) is 0. The van der Waals surface area contributed by atoms with E-state index < -0.39 is 0 Å². The molecule has 0 unspecified atom stereocenters. The number of nitrogens with two attached hydrogens (primary N) is 1. The Morgan fingerprint density at radius 3 is 2.30 bits per heavy atom. The first kappa shape index (κ1) is 13.9. The number of nitrogen functional groups attached to an aromatic ring is 1. The van der Waals surface area contributed by atoms with E-state index in [1.807, 2.05) is 6.07 Å². The largest absolute Gasteiger partial charge is 0.398 e. The highest BCUT2D eigenvalue weighted by molar-refractivity contribution is 5.52. The predicted molar refractivity (Wildman–Crippen MR) is 85.3 cm³/mol. The fourth-order valence-electron chi connectivity index (χ4n) is 4.78. The molecule has 0 saturated heterocycles. The highest BCUT2D eigenvalue weighted by Gasteiger charge is 2.41. The molecule has 0 aromatic heterocycles. The van der Waals surface area contributed by atoms with Crippen LogP contribution in [0.5, 0.6) is 0 Å². The van der Waals surface area contributed by atoms with Crippen LogP contribution in [-0.2, 0) is 13.1 Å². The fraction of sp³-hybridized carbons (Fsp3) is 0.667. The minimum absolute atomic E-state index is 0.451. The van der Waals surface area contributed by atoms with Crippen LogP contribution in [0.15, 0.2) is 18.2 Å².